The van der Waals surface area contributed by atoms with Crippen LogP contribution in [0, 0.1) is 6.92 Å². The third-order valence-electron chi connectivity index (χ3n) is 4.66. The number of anilines is 1. The van der Waals surface area contributed by atoms with Crippen molar-refractivity contribution in [2.24, 2.45) is 0 Å². The normalized spacial score (nSPS) is 11.2. The van der Waals surface area contributed by atoms with Gasteiger partial charge in [-0.3, -0.25) is 4.72 Å². The summed E-state index contributed by atoms with van der Waals surface area (Å²) in [5, 5.41) is 1.43. The predicted octanol–water partition coefficient (Wildman–Crippen LogP) is 5.17. The number of aryl methyl sites for hydroxylation is 1. The van der Waals surface area contributed by atoms with Gasteiger partial charge in [0.25, 0.3) is 10.0 Å². The topological polar surface area (TPSA) is 72.5 Å². The molecule has 0 fully saturated rings. The Morgan fingerprint density at radius 1 is 0.800 bits per heavy atom. The molecule has 0 aliphatic carbocycles. The molecule has 150 valence electrons. The van der Waals surface area contributed by atoms with Crippen LogP contribution >= 0.6 is 0 Å². The number of esters is 1. The van der Waals surface area contributed by atoms with E-state index in [9.17, 15) is 13.2 Å². The Labute approximate surface area is 175 Å². The summed E-state index contributed by atoms with van der Waals surface area (Å²) in [6.45, 7) is 1.92. The predicted molar refractivity (Wildman–Crippen MR) is 117 cm³/mol. The van der Waals surface area contributed by atoms with Crippen molar-refractivity contribution in [1.82, 2.24) is 0 Å². The number of benzene rings is 4. The maximum atomic E-state index is 13.1. The Balaban J connectivity index is 1.65. The van der Waals surface area contributed by atoms with Gasteiger partial charge in [-0.1, -0.05) is 66.2 Å². The number of sulfonamides is 1. The monoisotopic (exact) mass is 417 g/mol. The number of hydrogen-bond acceptors (Lipinski definition) is 4. The summed E-state index contributed by atoms with van der Waals surface area (Å²) in [6, 6.07) is 25.8. The highest BCUT2D eigenvalue weighted by Gasteiger charge is 2.20. The summed E-state index contributed by atoms with van der Waals surface area (Å²) in [6.07, 6.45) is 0. The van der Waals surface area contributed by atoms with Gasteiger partial charge in [0.15, 0.2) is 5.75 Å². The van der Waals surface area contributed by atoms with E-state index in [1.807, 2.05) is 37.3 Å². The van der Waals surface area contributed by atoms with E-state index in [4.69, 9.17) is 4.74 Å². The highest BCUT2D eigenvalue weighted by molar-refractivity contribution is 7.93. The zero-order chi connectivity index (χ0) is 21.1. The molecule has 0 radical (unpaired) electrons. The molecule has 0 bridgehead atoms. The van der Waals surface area contributed by atoms with E-state index in [1.165, 1.54) is 0 Å². The first-order valence-corrected chi connectivity index (χ1v) is 10.8. The second-order valence-corrected chi connectivity index (χ2v) is 8.49. The summed E-state index contributed by atoms with van der Waals surface area (Å²) in [7, 11) is -3.91. The minimum Gasteiger partial charge on any atom is -0.421 e. The summed E-state index contributed by atoms with van der Waals surface area (Å²) in [5.41, 5.74) is 1.59. The Hall–Kier alpha value is -3.64. The summed E-state index contributed by atoms with van der Waals surface area (Å²) in [4.78, 5) is 12.6. The first-order chi connectivity index (χ1) is 14.4. The van der Waals surface area contributed by atoms with E-state index in [2.05, 4.69) is 4.72 Å². The molecule has 0 aromatic heterocycles. The van der Waals surface area contributed by atoms with Crippen LogP contribution in [0.4, 0.5) is 5.69 Å². The fourth-order valence-electron chi connectivity index (χ4n) is 3.12. The van der Waals surface area contributed by atoms with Gasteiger partial charge < -0.3 is 4.74 Å². The molecule has 0 aliphatic heterocycles. The number of carbonyl (C=O) groups is 1. The Kier molecular flexibility index (Phi) is 5.25. The SMILES string of the molecule is Cc1ccc(C(=O)Oc2ccccc2NS(=O)(=O)c2cccc3ccccc23)cc1. The van der Waals surface area contributed by atoms with E-state index in [-0.39, 0.29) is 16.3 Å². The van der Waals surface area contributed by atoms with Crippen LogP contribution < -0.4 is 9.46 Å². The van der Waals surface area contributed by atoms with Gasteiger partial charge >= 0.3 is 5.97 Å². The zero-order valence-corrected chi connectivity index (χ0v) is 17.0. The molecule has 0 aliphatic rings. The first-order valence-electron chi connectivity index (χ1n) is 9.32. The second kappa shape index (κ2) is 8.00. The molecule has 4 aromatic rings. The molecular weight excluding hydrogens is 398 g/mol. The maximum absolute atomic E-state index is 13.1. The van der Waals surface area contributed by atoms with E-state index in [1.54, 1.807) is 60.7 Å². The maximum Gasteiger partial charge on any atom is 0.343 e. The minimum absolute atomic E-state index is 0.131. The van der Waals surface area contributed by atoms with Crippen LogP contribution in [0.1, 0.15) is 15.9 Å². The molecule has 0 atom stereocenters. The lowest BCUT2D eigenvalue weighted by atomic mass is 10.1. The summed E-state index contributed by atoms with van der Waals surface area (Å²) < 4.78 is 34.2. The average molecular weight is 417 g/mol. The molecule has 0 spiro atoms. The summed E-state index contributed by atoms with van der Waals surface area (Å²) in [5.74, 6) is -0.432. The van der Waals surface area contributed by atoms with Crippen LogP contribution in [0.25, 0.3) is 10.8 Å². The molecule has 30 heavy (non-hydrogen) atoms. The molecule has 4 rings (SSSR count). The van der Waals surface area contributed by atoms with E-state index >= 15 is 0 Å². The molecule has 0 amide bonds. The number of rotatable bonds is 5. The van der Waals surface area contributed by atoms with Crippen molar-refractivity contribution in [2.45, 2.75) is 11.8 Å². The lowest BCUT2D eigenvalue weighted by molar-refractivity contribution is 0.0736. The van der Waals surface area contributed by atoms with Crippen molar-refractivity contribution in [2.75, 3.05) is 4.72 Å². The molecule has 5 nitrogen and oxygen atoms in total. The van der Waals surface area contributed by atoms with Crippen molar-refractivity contribution >= 4 is 32.5 Å². The van der Waals surface area contributed by atoms with Gasteiger partial charge in [-0.25, -0.2) is 13.2 Å². The second-order valence-electron chi connectivity index (χ2n) is 6.83. The van der Waals surface area contributed by atoms with Gasteiger partial charge in [-0.2, -0.15) is 0 Å². The van der Waals surface area contributed by atoms with Crippen LogP contribution in [0.2, 0.25) is 0 Å². The lowest BCUT2D eigenvalue weighted by Gasteiger charge is -2.14. The number of hydrogen-bond donors (Lipinski definition) is 1. The molecule has 6 heteroatoms. The Bertz CT molecular complexity index is 1320. The fourth-order valence-corrected chi connectivity index (χ4v) is 4.42. The van der Waals surface area contributed by atoms with Gasteiger partial charge in [-0.05, 0) is 42.6 Å². The van der Waals surface area contributed by atoms with Gasteiger partial charge in [0, 0.05) is 5.39 Å². The number of para-hydroxylation sites is 2. The highest BCUT2D eigenvalue weighted by atomic mass is 32.2. The molecule has 4 aromatic carbocycles. The molecule has 1 N–H and O–H groups in total. The van der Waals surface area contributed by atoms with Gasteiger partial charge in [0.2, 0.25) is 0 Å². The van der Waals surface area contributed by atoms with Crippen molar-refractivity contribution in [3.05, 3.63) is 102 Å². The molecular formula is C24H19NO4S. The third-order valence-corrected chi connectivity index (χ3v) is 6.08. The largest absolute Gasteiger partial charge is 0.421 e. The van der Waals surface area contributed by atoms with E-state index < -0.39 is 16.0 Å². The van der Waals surface area contributed by atoms with Crippen molar-refractivity contribution in [3.8, 4) is 5.75 Å². The Morgan fingerprint density at radius 3 is 2.27 bits per heavy atom. The summed E-state index contributed by atoms with van der Waals surface area (Å²) >= 11 is 0. The smallest absolute Gasteiger partial charge is 0.343 e. The average Bonchev–Trinajstić information content (AvgIpc) is 2.75. The highest BCUT2D eigenvalue weighted by Crippen LogP contribution is 2.30. The molecule has 0 unspecified atom stereocenters. The van der Waals surface area contributed by atoms with Crippen LogP contribution in [0.5, 0.6) is 5.75 Å². The van der Waals surface area contributed by atoms with Crippen molar-refractivity contribution in [3.63, 3.8) is 0 Å². The molecule has 0 saturated carbocycles. The van der Waals surface area contributed by atoms with E-state index in [0.717, 1.165) is 10.9 Å². The molecule has 0 heterocycles. The number of fused-ring (bicyclic) bond motifs is 1. The number of carbonyl (C=O) groups excluding carboxylic acids is 1. The van der Waals surface area contributed by atoms with Crippen LogP contribution in [0.3, 0.4) is 0 Å². The number of ether oxygens (including phenoxy) is 1. The van der Waals surface area contributed by atoms with E-state index in [0.29, 0.717) is 10.9 Å². The first kappa shape index (κ1) is 19.7. The molecule has 0 saturated heterocycles. The standard InChI is InChI=1S/C24H19NO4S/c1-17-13-15-19(16-14-17)24(26)29-22-11-5-4-10-21(22)25-30(27,28)23-12-6-8-18-7-2-3-9-20(18)23/h2-16,25H,1H3. The third kappa shape index (κ3) is 4.04. The fraction of sp³-hybridized carbons (Fsp3) is 0.0417. The Morgan fingerprint density at radius 2 is 1.47 bits per heavy atom. The number of nitrogens with one attached hydrogen (secondary N) is 1. The van der Waals surface area contributed by atoms with Crippen LogP contribution in [-0.2, 0) is 10.0 Å². The van der Waals surface area contributed by atoms with Crippen LogP contribution in [-0.4, -0.2) is 14.4 Å². The van der Waals surface area contributed by atoms with Gasteiger partial charge in [0.1, 0.15) is 0 Å². The van der Waals surface area contributed by atoms with Gasteiger partial charge in [0.05, 0.1) is 16.1 Å². The van der Waals surface area contributed by atoms with Gasteiger partial charge in [-0.15, -0.1) is 0 Å². The van der Waals surface area contributed by atoms with Crippen molar-refractivity contribution in [1.29, 1.82) is 0 Å². The quantitative estimate of drug-likeness (QED) is 0.359. The van der Waals surface area contributed by atoms with Crippen molar-refractivity contribution < 1.29 is 17.9 Å². The van der Waals surface area contributed by atoms with Crippen LogP contribution in [0.15, 0.2) is 95.9 Å². The zero-order valence-electron chi connectivity index (χ0n) is 16.2. The minimum atomic E-state index is -3.91. The lowest BCUT2D eigenvalue weighted by Crippen LogP contribution is -2.16.